The number of aromatic nitrogens is 1. The molecule has 4 nitrogen and oxygen atoms in total. The number of pyridine rings is 1. The molecule has 0 saturated heterocycles. The first-order valence-corrected chi connectivity index (χ1v) is 4.49. The van der Waals surface area contributed by atoms with Crippen molar-refractivity contribution in [1.82, 2.24) is 4.98 Å². The average Bonchev–Trinajstić information content (AvgIpc) is 2.25. The van der Waals surface area contributed by atoms with E-state index in [1.54, 1.807) is 0 Å². The molecule has 0 unspecified atom stereocenters. The number of halogens is 3. The lowest BCUT2D eigenvalue weighted by molar-refractivity contribution is -0.141. The molecule has 0 aromatic carbocycles. The number of alkyl halides is 3. The maximum atomic E-state index is 12.2. The van der Waals surface area contributed by atoms with Crippen molar-refractivity contribution >= 4 is 5.69 Å². The first-order chi connectivity index (χ1) is 7.47. The summed E-state index contributed by atoms with van der Waals surface area (Å²) in [5, 5.41) is 20.1. The Morgan fingerprint density at radius 3 is 2.25 bits per heavy atom. The Balaban J connectivity index is 2.72. The highest BCUT2D eigenvalue weighted by Gasteiger charge is 2.32. The molecule has 0 saturated carbocycles. The number of aliphatic hydroxyl groups is 2. The lowest BCUT2D eigenvalue weighted by Crippen LogP contribution is -2.27. The van der Waals surface area contributed by atoms with E-state index in [9.17, 15) is 13.2 Å². The Labute approximate surface area is 89.7 Å². The number of nitrogens with one attached hydrogen (secondary N) is 1. The normalized spacial score (nSPS) is 11.9. The third kappa shape index (κ3) is 3.35. The highest BCUT2D eigenvalue weighted by Crippen LogP contribution is 2.27. The van der Waals surface area contributed by atoms with E-state index in [2.05, 4.69) is 10.3 Å². The first kappa shape index (κ1) is 12.7. The fourth-order valence-electron chi connectivity index (χ4n) is 1.03. The summed E-state index contributed by atoms with van der Waals surface area (Å²) in [5.74, 6) is 0. The van der Waals surface area contributed by atoms with Crippen LogP contribution in [0, 0.1) is 0 Å². The Morgan fingerprint density at radius 2 is 1.88 bits per heavy atom. The lowest BCUT2D eigenvalue weighted by atomic mass is 10.3. The van der Waals surface area contributed by atoms with Crippen LogP contribution in [0.15, 0.2) is 18.3 Å². The van der Waals surface area contributed by atoms with Gasteiger partial charge in [-0.1, -0.05) is 0 Å². The predicted octanol–water partition coefficient (Wildman–Crippen LogP) is 0.865. The molecule has 0 fully saturated rings. The monoisotopic (exact) mass is 236 g/mol. The van der Waals surface area contributed by atoms with E-state index in [1.807, 2.05) is 0 Å². The van der Waals surface area contributed by atoms with Gasteiger partial charge in [0.2, 0.25) is 0 Å². The second kappa shape index (κ2) is 5.13. The van der Waals surface area contributed by atoms with Gasteiger partial charge in [0.1, 0.15) is 5.69 Å². The van der Waals surface area contributed by atoms with Crippen LogP contribution in [0.2, 0.25) is 0 Å². The van der Waals surface area contributed by atoms with E-state index in [0.717, 1.165) is 12.3 Å². The minimum atomic E-state index is -4.47. The zero-order valence-corrected chi connectivity index (χ0v) is 8.20. The van der Waals surface area contributed by atoms with Gasteiger partial charge in [0.15, 0.2) is 0 Å². The molecule has 0 amide bonds. The topological polar surface area (TPSA) is 65.4 Å². The van der Waals surface area contributed by atoms with Gasteiger partial charge >= 0.3 is 6.18 Å². The zero-order valence-electron chi connectivity index (χ0n) is 8.20. The van der Waals surface area contributed by atoms with Gasteiger partial charge in [-0.25, -0.2) is 4.98 Å². The van der Waals surface area contributed by atoms with Crippen molar-refractivity contribution in [3.05, 3.63) is 24.0 Å². The molecule has 1 heterocycles. The molecule has 0 aliphatic heterocycles. The highest BCUT2D eigenvalue weighted by atomic mass is 19.4. The number of hydrogen-bond acceptors (Lipinski definition) is 4. The van der Waals surface area contributed by atoms with Crippen LogP contribution in [0.4, 0.5) is 18.9 Å². The second-order valence-electron chi connectivity index (χ2n) is 3.14. The van der Waals surface area contributed by atoms with Crippen molar-refractivity contribution in [2.75, 3.05) is 18.5 Å². The molecule has 1 aromatic heterocycles. The van der Waals surface area contributed by atoms with E-state index in [4.69, 9.17) is 10.2 Å². The van der Waals surface area contributed by atoms with E-state index >= 15 is 0 Å². The van der Waals surface area contributed by atoms with Gasteiger partial charge in [-0.05, 0) is 12.1 Å². The van der Waals surface area contributed by atoms with Crippen LogP contribution in [-0.2, 0) is 6.18 Å². The number of anilines is 1. The summed E-state index contributed by atoms with van der Waals surface area (Å²) >= 11 is 0. The van der Waals surface area contributed by atoms with Crippen molar-refractivity contribution in [3.8, 4) is 0 Å². The minimum absolute atomic E-state index is 0.307. The quantitative estimate of drug-likeness (QED) is 0.725. The van der Waals surface area contributed by atoms with E-state index in [-0.39, 0.29) is 13.2 Å². The van der Waals surface area contributed by atoms with Gasteiger partial charge < -0.3 is 15.5 Å². The molecule has 7 heteroatoms. The second-order valence-corrected chi connectivity index (χ2v) is 3.14. The summed E-state index contributed by atoms with van der Waals surface area (Å²) < 4.78 is 36.5. The van der Waals surface area contributed by atoms with Gasteiger partial charge in [-0.15, -0.1) is 0 Å². The van der Waals surface area contributed by atoms with Crippen LogP contribution in [-0.4, -0.2) is 34.5 Å². The third-order valence-electron chi connectivity index (χ3n) is 1.87. The Bertz CT molecular complexity index is 323. The molecule has 0 aliphatic carbocycles. The van der Waals surface area contributed by atoms with Crippen molar-refractivity contribution in [2.24, 2.45) is 0 Å². The largest absolute Gasteiger partial charge is 0.433 e. The Morgan fingerprint density at radius 1 is 1.25 bits per heavy atom. The molecule has 0 aliphatic rings. The zero-order chi connectivity index (χ0) is 12.2. The molecule has 90 valence electrons. The molecular formula is C9H11F3N2O2. The molecule has 0 radical (unpaired) electrons. The standard InChI is InChI=1S/C9H11F3N2O2/c10-9(11,12)8-2-1-6(3-13-8)14-7(4-15)5-16/h1-3,7,14-16H,4-5H2. The van der Waals surface area contributed by atoms with Crippen molar-refractivity contribution < 1.29 is 23.4 Å². The van der Waals surface area contributed by atoms with E-state index in [0.29, 0.717) is 5.69 Å². The van der Waals surface area contributed by atoms with Crippen LogP contribution in [0.25, 0.3) is 0 Å². The van der Waals surface area contributed by atoms with Gasteiger partial charge in [-0.2, -0.15) is 13.2 Å². The molecular weight excluding hydrogens is 225 g/mol. The first-order valence-electron chi connectivity index (χ1n) is 4.49. The van der Waals surface area contributed by atoms with Crippen LogP contribution < -0.4 is 5.32 Å². The summed E-state index contributed by atoms with van der Waals surface area (Å²) in [6, 6.07) is 1.40. The van der Waals surface area contributed by atoms with E-state index in [1.165, 1.54) is 6.07 Å². The predicted molar refractivity (Wildman–Crippen MR) is 50.8 cm³/mol. The minimum Gasteiger partial charge on any atom is -0.394 e. The van der Waals surface area contributed by atoms with Gasteiger partial charge in [0.05, 0.1) is 31.1 Å². The maximum absolute atomic E-state index is 12.2. The van der Waals surface area contributed by atoms with Crippen LogP contribution in [0.1, 0.15) is 5.69 Å². The molecule has 1 aromatic rings. The van der Waals surface area contributed by atoms with Crippen LogP contribution in [0.5, 0.6) is 0 Å². The van der Waals surface area contributed by atoms with Crippen molar-refractivity contribution in [3.63, 3.8) is 0 Å². The summed E-state index contributed by atoms with van der Waals surface area (Å²) in [6.45, 7) is -0.644. The van der Waals surface area contributed by atoms with Gasteiger partial charge in [0.25, 0.3) is 0 Å². The van der Waals surface area contributed by atoms with E-state index < -0.39 is 17.9 Å². The summed E-state index contributed by atoms with van der Waals surface area (Å²) in [5.41, 5.74) is -0.677. The molecule has 0 spiro atoms. The van der Waals surface area contributed by atoms with Crippen LogP contribution >= 0.6 is 0 Å². The number of rotatable bonds is 4. The average molecular weight is 236 g/mol. The Hall–Kier alpha value is -1.34. The Kier molecular flexibility index (Phi) is 4.08. The van der Waals surface area contributed by atoms with Gasteiger partial charge in [-0.3, -0.25) is 0 Å². The summed E-state index contributed by atoms with van der Waals surface area (Å²) in [7, 11) is 0. The van der Waals surface area contributed by atoms with Crippen molar-refractivity contribution in [1.29, 1.82) is 0 Å². The van der Waals surface area contributed by atoms with Crippen molar-refractivity contribution in [2.45, 2.75) is 12.2 Å². The third-order valence-corrected chi connectivity index (χ3v) is 1.87. The maximum Gasteiger partial charge on any atom is 0.433 e. The number of nitrogens with zero attached hydrogens (tertiary/aromatic N) is 1. The molecule has 1 rings (SSSR count). The highest BCUT2D eigenvalue weighted by molar-refractivity contribution is 5.42. The smallest absolute Gasteiger partial charge is 0.394 e. The fourth-order valence-corrected chi connectivity index (χ4v) is 1.03. The SMILES string of the molecule is OCC(CO)Nc1ccc(C(F)(F)F)nc1. The molecule has 0 atom stereocenters. The lowest BCUT2D eigenvalue weighted by Gasteiger charge is -2.14. The molecule has 3 N–H and O–H groups in total. The number of hydrogen-bond donors (Lipinski definition) is 3. The summed E-state index contributed by atoms with van der Waals surface area (Å²) in [6.07, 6.45) is -3.47. The molecule has 16 heavy (non-hydrogen) atoms. The van der Waals surface area contributed by atoms with Crippen LogP contribution in [0.3, 0.4) is 0 Å². The fraction of sp³-hybridized carbons (Fsp3) is 0.444. The summed E-state index contributed by atoms with van der Waals surface area (Å²) in [4.78, 5) is 3.22. The number of aliphatic hydroxyl groups excluding tert-OH is 2. The molecule has 0 bridgehead atoms. The van der Waals surface area contributed by atoms with Gasteiger partial charge in [0, 0.05) is 0 Å².